The van der Waals surface area contributed by atoms with E-state index in [2.05, 4.69) is 4.72 Å². The first-order valence-electron chi connectivity index (χ1n) is 11.2. The molecule has 1 saturated heterocycles. The zero-order valence-electron chi connectivity index (χ0n) is 19.0. The van der Waals surface area contributed by atoms with E-state index < -0.39 is 20.0 Å². The summed E-state index contributed by atoms with van der Waals surface area (Å²) >= 11 is 0. The van der Waals surface area contributed by atoms with Crippen molar-refractivity contribution in [1.82, 2.24) is 13.9 Å². The van der Waals surface area contributed by atoms with Gasteiger partial charge >= 0.3 is 0 Å². The number of sulfonamides is 2. The minimum atomic E-state index is -3.79. The molecule has 2 aromatic rings. The third kappa shape index (κ3) is 6.00. The van der Waals surface area contributed by atoms with E-state index in [4.69, 9.17) is 0 Å². The molecular formula is C23H31N3O5S2. The maximum Gasteiger partial charge on any atom is 0.253 e. The molecule has 2 aromatic carbocycles. The third-order valence-electron chi connectivity index (χ3n) is 5.80. The van der Waals surface area contributed by atoms with Gasteiger partial charge in [-0.25, -0.2) is 21.6 Å². The highest BCUT2D eigenvalue weighted by molar-refractivity contribution is 7.89. The second-order valence-corrected chi connectivity index (χ2v) is 11.6. The summed E-state index contributed by atoms with van der Waals surface area (Å²) in [5.74, 6) is -0.142. The molecule has 0 spiro atoms. The van der Waals surface area contributed by atoms with Crippen molar-refractivity contribution < 1.29 is 21.6 Å². The molecule has 0 saturated carbocycles. The Morgan fingerprint density at radius 2 is 1.39 bits per heavy atom. The van der Waals surface area contributed by atoms with E-state index in [0.717, 1.165) is 19.3 Å². The van der Waals surface area contributed by atoms with Crippen LogP contribution in [0.5, 0.6) is 0 Å². The maximum atomic E-state index is 12.7. The molecule has 1 N–H and O–H groups in total. The van der Waals surface area contributed by atoms with E-state index in [9.17, 15) is 21.6 Å². The van der Waals surface area contributed by atoms with Crippen molar-refractivity contribution in [3.8, 4) is 0 Å². The number of benzene rings is 2. The summed E-state index contributed by atoms with van der Waals surface area (Å²) in [6.07, 6.45) is 2.77. The van der Waals surface area contributed by atoms with Crippen LogP contribution in [0.15, 0.2) is 58.3 Å². The predicted molar refractivity (Wildman–Crippen MR) is 127 cm³/mol. The van der Waals surface area contributed by atoms with Crippen molar-refractivity contribution in [1.29, 1.82) is 0 Å². The summed E-state index contributed by atoms with van der Waals surface area (Å²) in [5, 5.41) is 0. The molecule has 33 heavy (non-hydrogen) atoms. The monoisotopic (exact) mass is 493 g/mol. The number of amides is 1. The van der Waals surface area contributed by atoms with Crippen molar-refractivity contribution in [2.45, 2.75) is 49.4 Å². The first-order valence-corrected chi connectivity index (χ1v) is 14.1. The number of nitrogens with one attached hydrogen (secondary N) is 1. The number of carbonyl (C=O) groups is 1. The van der Waals surface area contributed by atoms with Crippen molar-refractivity contribution in [2.75, 3.05) is 26.2 Å². The van der Waals surface area contributed by atoms with Crippen LogP contribution < -0.4 is 4.72 Å². The highest BCUT2D eigenvalue weighted by Gasteiger charge is 2.25. The number of piperidine rings is 1. The van der Waals surface area contributed by atoms with Gasteiger partial charge in [0.25, 0.3) is 5.91 Å². The zero-order valence-corrected chi connectivity index (χ0v) is 20.7. The molecule has 0 aromatic heterocycles. The molecule has 0 atom stereocenters. The van der Waals surface area contributed by atoms with E-state index in [1.807, 2.05) is 13.8 Å². The van der Waals surface area contributed by atoms with Crippen LogP contribution in [0.3, 0.4) is 0 Å². The molecule has 1 fully saturated rings. The Bertz CT molecular complexity index is 1150. The molecule has 1 aliphatic heterocycles. The molecule has 3 rings (SSSR count). The Morgan fingerprint density at radius 1 is 0.848 bits per heavy atom. The summed E-state index contributed by atoms with van der Waals surface area (Å²) in [4.78, 5) is 14.3. The van der Waals surface area contributed by atoms with Gasteiger partial charge in [0.2, 0.25) is 20.0 Å². The van der Waals surface area contributed by atoms with Crippen LogP contribution in [0.4, 0.5) is 0 Å². The first-order chi connectivity index (χ1) is 15.7. The van der Waals surface area contributed by atoms with Crippen LogP contribution in [-0.2, 0) is 26.6 Å². The summed E-state index contributed by atoms with van der Waals surface area (Å²) in [7, 11) is -7.31. The Morgan fingerprint density at radius 3 is 1.94 bits per heavy atom. The lowest BCUT2D eigenvalue weighted by Crippen LogP contribution is -2.35. The van der Waals surface area contributed by atoms with E-state index in [-0.39, 0.29) is 22.2 Å². The topological polar surface area (TPSA) is 104 Å². The summed E-state index contributed by atoms with van der Waals surface area (Å²) in [6, 6.07) is 12.1. The first kappa shape index (κ1) is 25.4. The number of nitrogens with zero attached hydrogens (tertiary/aromatic N) is 2. The Hall–Kier alpha value is -2.27. The summed E-state index contributed by atoms with van der Waals surface area (Å²) < 4.78 is 54.8. The molecule has 1 heterocycles. The van der Waals surface area contributed by atoms with Crippen molar-refractivity contribution >= 4 is 26.0 Å². The largest absolute Gasteiger partial charge is 0.339 e. The lowest BCUT2D eigenvalue weighted by atomic mass is 10.2. The predicted octanol–water partition coefficient (Wildman–Crippen LogP) is 2.82. The lowest BCUT2D eigenvalue weighted by Gasteiger charge is -2.25. The van der Waals surface area contributed by atoms with Gasteiger partial charge < -0.3 is 4.90 Å². The highest BCUT2D eigenvalue weighted by atomic mass is 32.2. The lowest BCUT2D eigenvalue weighted by molar-refractivity contribution is 0.0773. The van der Waals surface area contributed by atoms with Gasteiger partial charge in [-0.3, -0.25) is 4.79 Å². The van der Waals surface area contributed by atoms with Gasteiger partial charge in [-0.2, -0.15) is 4.31 Å². The smallest absolute Gasteiger partial charge is 0.253 e. The van der Waals surface area contributed by atoms with E-state index in [1.165, 1.54) is 40.7 Å². The van der Waals surface area contributed by atoms with Crippen LogP contribution in [0.25, 0.3) is 0 Å². The van der Waals surface area contributed by atoms with Gasteiger partial charge in [-0.15, -0.1) is 0 Å². The van der Waals surface area contributed by atoms with Crippen LogP contribution in [-0.4, -0.2) is 58.1 Å². The van der Waals surface area contributed by atoms with Gasteiger partial charge in [0.05, 0.1) is 9.79 Å². The maximum absolute atomic E-state index is 12.7. The van der Waals surface area contributed by atoms with Gasteiger partial charge in [0.15, 0.2) is 0 Å². The molecule has 1 amide bonds. The van der Waals surface area contributed by atoms with Crippen molar-refractivity contribution in [3.05, 3.63) is 59.7 Å². The standard InChI is InChI=1S/C23H31N3O5S2/c1-3-25(4-2)23(27)20-10-14-21(15-11-20)32(28,29)24-18-19-8-12-22(13-9-19)33(30,31)26-16-6-5-7-17-26/h8-15,24H,3-7,16-18H2,1-2H3. The molecule has 1 aliphatic rings. The van der Waals surface area contributed by atoms with Crippen LogP contribution in [0, 0.1) is 0 Å². The zero-order chi connectivity index (χ0) is 24.1. The van der Waals surface area contributed by atoms with E-state index in [1.54, 1.807) is 17.0 Å². The average molecular weight is 494 g/mol. The highest BCUT2D eigenvalue weighted by Crippen LogP contribution is 2.21. The number of hydrogen-bond donors (Lipinski definition) is 1. The van der Waals surface area contributed by atoms with E-state index in [0.29, 0.717) is 37.3 Å². The minimum absolute atomic E-state index is 0.0203. The van der Waals surface area contributed by atoms with Crippen LogP contribution >= 0.6 is 0 Å². The number of carbonyl (C=O) groups excluding carboxylic acids is 1. The second-order valence-electron chi connectivity index (χ2n) is 7.94. The van der Waals surface area contributed by atoms with Gasteiger partial charge in [0, 0.05) is 38.3 Å². The summed E-state index contributed by atoms with van der Waals surface area (Å²) in [6.45, 7) is 6.02. The Kier molecular flexibility index (Phi) is 8.28. The Balaban J connectivity index is 1.65. The molecule has 10 heteroatoms. The number of hydrogen-bond acceptors (Lipinski definition) is 5. The van der Waals surface area contributed by atoms with Crippen LogP contribution in [0.1, 0.15) is 49.0 Å². The van der Waals surface area contributed by atoms with Gasteiger partial charge in [-0.05, 0) is 68.7 Å². The minimum Gasteiger partial charge on any atom is -0.339 e. The Labute approximate surface area is 196 Å². The molecule has 0 bridgehead atoms. The molecule has 0 unspecified atom stereocenters. The van der Waals surface area contributed by atoms with Gasteiger partial charge in [-0.1, -0.05) is 18.6 Å². The van der Waals surface area contributed by atoms with Crippen molar-refractivity contribution in [3.63, 3.8) is 0 Å². The van der Waals surface area contributed by atoms with Gasteiger partial charge in [0.1, 0.15) is 0 Å². The fourth-order valence-electron chi connectivity index (χ4n) is 3.77. The quantitative estimate of drug-likeness (QED) is 0.579. The second kappa shape index (κ2) is 10.8. The van der Waals surface area contributed by atoms with Crippen molar-refractivity contribution in [2.24, 2.45) is 0 Å². The average Bonchev–Trinajstić information content (AvgIpc) is 2.84. The number of rotatable bonds is 9. The fourth-order valence-corrected chi connectivity index (χ4v) is 6.30. The molecule has 8 nitrogen and oxygen atoms in total. The normalized spacial score (nSPS) is 15.3. The van der Waals surface area contributed by atoms with E-state index >= 15 is 0 Å². The third-order valence-corrected chi connectivity index (χ3v) is 9.13. The molecule has 0 aliphatic carbocycles. The molecular weight excluding hydrogens is 462 g/mol. The van der Waals surface area contributed by atoms with Crippen LogP contribution in [0.2, 0.25) is 0 Å². The molecule has 0 radical (unpaired) electrons. The molecule has 180 valence electrons. The summed E-state index contributed by atoms with van der Waals surface area (Å²) in [5.41, 5.74) is 1.08. The fraction of sp³-hybridized carbons (Fsp3) is 0.435. The SMILES string of the molecule is CCN(CC)C(=O)c1ccc(S(=O)(=O)NCc2ccc(S(=O)(=O)N3CCCCC3)cc2)cc1.